The van der Waals surface area contributed by atoms with Gasteiger partial charge in [-0.1, -0.05) is 24.1 Å². The average Bonchev–Trinajstić information content (AvgIpc) is 2.31. The summed E-state index contributed by atoms with van der Waals surface area (Å²) in [5.74, 6) is 0.844. The Morgan fingerprint density at radius 3 is 3.00 bits per heavy atom. The molecule has 11 heavy (non-hydrogen) atoms. The molecule has 0 fully saturated rings. The molecule has 2 aliphatic carbocycles. The maximum atomic E-state index is 2.42. The van der Waals surface area contributed by atoms with Gasteiger partial charge in [-0.3, -0.25) is 0 Å². The highest BCUT2D eigenvalue weighted by molar-refractivity contribution is 5.40. The number of hydrogen-bond acceptors (Lipinski definition) is 0. The third-order valence-corrected chi connectivity index (χ3v) is 2.95. The molecule has 1 unspecified atom stereocenters. The van der Waals surface area contributed by atoms with Crippen LogP contribution in [-0.4, -0.2) is 0 Å². The van der Waals surface area contributed by atoms with E-state index < -0.39 is 0 Å². The van der Waals surface area contributed by atoms with Crippen molar-refractivity contribution in [3.8, 4) is 0 Å². The second kappa shape index (κ2) is 2.51. The van der Waals surface area contributed by atoms with Gasteiger partial charge in [0.05, 0.1) is 0 Å². The molecule has 0 aromatic rings. The van der Waals surface area contributed by atoms with Crippen LogP contribution in [-0.2, 0) is 0 Å². The van der Waals surface area contributed by atoms with Gasteiger partial charge in [-0.15, -0.1) is 0 Å². The van der Waals surface area contributed by atoms with Gasteiger partial charge in [0.1, 0.15) is 0 Å². The van der Waals surface area contributed by atoms with E-state index in [1.54, 1.807) is 16.7 Å². The lowest BCUT2D eigenvalue weighted by atomic mass is 9.85. The van der Waals surface area contributed by atoms with Crippen LogP contribution in [0.25, 0.3) is 0 Å². The number of rotatable bonds is 0. The van der Waals surface area contributed by atoms with Crippen molar-refractivity contribution >= 4 is 0 Å². The van der Waals surface area contributed by atoms with E-state index in [0.29, 0.717) is 0 Å². The second-order valence-corrected chi connectivity index (χ2v) is 4.02. The summed E-state index contributed by atoms with van der Waals surface area (Å²) < 4.78 is 0. The third kappa shape index (κ3) is 1.15. The molecule has 0 heteroatoms. The fourth-order valence-electron chi connectivity index (χ4n) is 2.36. The van der Waals surface area contributed by atoms with Crippen molar-refractivity contribution in [1.29, 1.82) is 0 Å². The Labute approximate surface area is 69.0 Å². The fraction of sp³-hybridized carbons (Fsp3) is 0.636. The summed E-state index contributed by atoms with van der Waals surface area (Å²) in [4.78, 5) is 0. The van der Waals surface area contributed by atoms with Crippen molar-refractivity contribution in [2.24, 2.45) is 5.92 Å². The average molecular weight is 148 g/mol. The van der Waals surface area contributed by atoms with Crippen molar-refractivity contribution in [3.63, 3.8) is 0 Å². The summed E-state index contributed by atoms with van der Waals surface area (Å²) in [6, 6.07) is 0. The Morgan fingerprint density at radius 2 is 2.27 bits per heavy atom. The van der Waals surface area contributed by atoms with E-state index >= 15 is 0 Å². The topological polar surface area (TPSA) is 0 Å². The van der Waals surface area contributed by atoms with Crippen LogP contribution in [0.1, 0.15) is 39.5 Å². The van der Waals surface area contributed by atoms with Gasteiger partial charge in [-0.2, -0.15) is 0 Å². The van der Waals surface area contributed by atoms with Crippen molar-refractivity contribution in [2.45, 2.75) is 39.5 Å². The summed E-state index contributed by atoms with van der Waals surface area (Å²) in [5.41, 5.74) is 4.98. The van der Waals surface area contributed by atoms with Crippen LogP contribution in [0.2, 0.25) is 0 Å². The summed E-state index contributed by atoms with van der Waals surface area (Å²) in [6.45, 7) is 4.62. The molecule has 0 aromatic heterocycles. The van der Waals surface area contributed by atoms with E-state index in [1.165, 1.54) is 25.7 Å². The molecule has 2 aliphatic rings. The minimum Gasteiger partial charge on any atom is -0.0690 e. The summed E-state index contributed by atoms with van der Waals surface area (Å²) in [6.07, 6.45) is 7.89. The molecule has 1 atom stereocenters. The predicted octanol–water partition coefficient (Wildman–Crippen LogP) is 3.45. The zero-order valence-corrected chi connectivity index (χ0v) is 7.48. The van der Waals surface area contributed by atoms with Gasteiger partial charge in [0, 0.05) is 0 Å². The molecule has 0 heterocycles. The van der Waals surface area contributed by atoms with Crippen LogP contribution in [0.15, 0.2) is 22.8 Å². The maximum absolute atomic E-state index is 2.42. The third-order valence-electron chi connectivity index (χ3n) is 2.95. The Balaban J connectivity index is 2.28. The molecule has 0 amide bonds. The Morgan fingerprint density at radius 1 is 1.45 bits per heavy atom. The Bertz CT molecular complexity index is 230. The van der Waals surface area contributed by atoms with Crippen LogP contribution in [0.4, 0.5) is 0 Å². The molecule has 0 nitrogen and oxygen atoms in total. The lowest BCUT2D eigenvalue weighted by molar-refractivity contribution is 0.547. The first-order chi connectivity index (χ1) is 5.27. The first kappa shape index (κ1) is 7.15. The van der Waals surface area contributed by atoms with E-state index in [1.807, 2.05) is 0 Å². The largest absolute Gasteiger partial charge is 0.0690 e. The highest BCUT2D eigenvalue weighted by atomic mass is 14.3. The number of hydrogen-bond donors (Lipinski definition) is 0. The summed E-state index contributed by atoms with van der Waals surface area (Å²) >= 11 is 0. The Hall–Kier alpha value is -0.520. The lowest BCUT2D eigenvalue weighted by Crippen LogP contribution is -2.04. The lowest BCUT2D eigenvalue weighted by Gasteiger charge is -2.20. The molecule has 0 aliphatic heterocycles. The Kier molecular flexibility index (Phi) is 1.63. The van der Waals surface area contributed by atoms with Crippen molar-refractivity contribution in [3.05, 3.63) is 22.8 Å². The quantitative estimate of drug-likeness (QED) is 0.493. The molecule has 0 aromatic carbocycles. The minimum atomic E-state index is 0.844. The van der Waals surface area contributed by atoms with Crippen LogP contribution in [0.3, 0.4) is 0 Å². The molecule has 0 N–H and O–H groups in total. The van der Waals surface area contributed by atoms with Crippen molar-refractivity contribution in [2.75, 3.05) is 0 Å². The smallest absolute Gasteiger partial charge is 0.0102 e. The SMILES string of the molecule is CC1=CC2=C(CCCC2C)C1. The summed E-state index contributed by atoms with van der Waals surface area (Å²) in [5, 5.41) is 0. The van der Waals surface area contributed by atoms with Gasteiger partial charge in [-0.05, 0) is 44.1 Å². The summed E-state index contributed by atoms with van der Waals surface area (Å²) in [7, 11) is 0. The highest BCUT2D eigenvalue weighted by Gasteiger charge is 2.21. The van der Waals surface area contributed by atoms with Crippen LogP contribution in [0.5, 0.6) is 0 Å². The van der Waals surface area contributed by atoms with E-state index in [0.717, 1.165) is 5.92 Å². The van der Waals surface area contributed by atoms with E-state index in [-0.39, 0.29) is 0 Å². The van der Waals surface area contributed by atoms with Gasteiger partial charge in [0.15, 0.2) is 0 Å². The number of allylic oxidation sites excluding steroid dienone is 4. The molecule has 0 saturated heterocycles. The van der Waals surface area contributed by atoms with Gasteiger partial charge < -0.3 is 0 Å². The molecular weight excluding hydrogens is 132 g/mol. The molecule has 0 spiro atoms. The van der Waals surface area contributed by atoms with Gasteiger partial charge in [-0.25, -0.2) is 0 Å². The second-order valence-electron chi connectivity index (χ2n) is 4.02. The van der Waals surface area contributed by atoms with E-state index in [4.69, 9.17) is 0 Å². The van der Waals surface area contributed by atoms with Gasteiger partial charge in [0.2, 0.25) is 0 Å². The zero-order chi connectivity index (χ0) is 7.84. The molecule has 2 rings (SSSR count). The van der Waals surface area contributed by atoms with Crippen molar-refractivity contribution < 1.29 is 0 Å². The predicted molar refractivity (Wildman–Crippen MR) is 48.4 cm³/mol. The first-order valence-corrected chi connectivity index (χ1v) is 4.66. The minimum absolute atomic E-state index is 0.844. The highest BCUT2D eigenvalue weighted by Crippen LogP contribution is 2.38. The molecule has 0 radical (unpaired) electrons. The van der Waals surface area contributed by atoms with Gasteiger partial charge in [0.25, 0.3) is 0 Å². The van der Waals surface area contributed by atoms with Crippen molar-refractivity contribution in [1.82, 2.24) is 0 Å². The monoisotopic (exact) mass is 148 g/mol. The van der Waals surface area contributed by atoms with Gasteiger partial charge >= 0.3 is 0 Å². The zero-order valence-electron chi connectivity index (χ0n) is 7.48. The van der Waals surface area contributed by atoms with E-state index in [2.05, 4.69) is 19.9 Å². The molecule has 0 saturated carbocycles. The molecule has 60 valence electrons. The standard InChI is InChI=1S/C11H16/c1-8-6-10-5-3-4-9(2)11(10)7-8/h7,9H,3-6H2,1-2H3. The van der Waals surface area contributed by atoms with Crippen LogP contribution >= 0.6 is 0 Å². The fourth-order valence-corrected chi connectivity index (χ4v) is 2.36. The van der Waals surface area contributed by atoms with E-state index in [9.17, 15) is 0 Å². The van der Waals surface area contributed by atoms with Crippen LogP contribution < -0.4 is 0 Å². The molecular formula is C11H16. The normalized spacial score (nSPS) is 30.4. The maximum Gasteiger partial charge on any atom is -0.0102 e. The molecule has 0 bridgehead atoms. The first-order valence-electron chi connectivity index (χ1n) is 4.66. The van der Waals surface area contributed by atoms with Crippen LogP contribution in [0, 0.1) is 5.92 Å².